The van der Waals surface area contributed by atoms with E-state index >= 15 is 0 Å². The number of amides is 1. The number of carbonyl (C=O) groups excluding carboxylic acids is 1. The molecule has 0 aromatic rings. The first-order chi connectivity index (χ1) is 19.0. The van der Waals surface area contributed by atoms with Crippen molar-refractivity contribution in [1.29, 1.82) is 0 Å². The second-order valence-corrected chi connectivity index (χ2v) is 12.4. The minimum atomic E-state index is 0.670. The van der Waals surface area contributed by atoms with E-state index in [1.807, 2.05) is 41.8 Å². The van der Waals surface area contributed by atoms with Crippen LogP contribution in [0, 0.1) is 46.8 Å². The average Bonchev–Trinajstić information content (AvgIpc) is 2.98. The first-order valence-electron chi connectivity index (χ1n) is 17.5. The quantitative estimate of drug-likeness (QED) is 0.180. The summed E-state index contributed by atoms with van der Waals surface area (Å²) in [5.74, 6) is 6.32. The molecule has 0 bridgehead atoms. The average molecular weight is 572 g/mol. The Morgan fingerprint density at radius 3 is 1.88 bits per heavy atom. The van der Waals surface area contributed by atoms with Crippen LogP contribution in [-0.4, -0.2) is 33.6 Å². The topological polar surface area (TPSA) is 67.2 Å². The number of nitrogens with two attached hydrogens (primary N) is 1. The van der Waals surface area contributed by atoms with Gasteiger partial charge in [0.1, 0.15) is 0 Å². The van der Waals surface area contributed by atoms with Gasteiger partial charge in [0, 0.05) is 6.54 Å². The zero-order valence-electron chi connectivity index (χ0n) is 30.6. The summed E-state index contributed by atoms with van der Waals surface area (Å²) in [6.45, 7) is 31.0. The number of hydrogen-bond donors (Lipinski definition) is 3. The van der Waals surface area contributed by atoms with Gasteiger partial charge in [-0.1, -0.05) is 109 Å². The van der Waals surface area contributed by atoms with Gasteiger partial charge in [-0.05, 0) is 112 Å². The predicted molar refractivity (Wildman–Crippen MR) is 185 cm³/mol. The fraction of sp³-hybridized carbons (Fsp3) is 0.972. The van der Waals surface area contributed by atoms with Crippen LogP contribution < -0.4 is 16.4 Å². The number of rotatable bonds is 10. The Hall–Kier alpha value is -0.610. The summed E-state index contributed by atoms with van der Waals surface area (Å²) < 4.78 is 0. The van der Waals surface area contributed by atoms with Gasteiger partial charge in [-0.3, -0.25) is 4.79 Å². The Labute approximate surface area is 255 Å². The van der Waals surface area contributed by atoms with Gasteiger partial charge >= 0.3 is 0 Å². The second kappa shape index (κ2) is 31.3. The molecule has 2 aliphatic carbocycles. The summed E-state index contributed by atoms with van der Waals surface area (Å²) in [5.41, 5.74) is 5.70. The van der Waals surface area contributed by atoms with E-state index < -0.39 is 0 Å². The molecule has 4 nitrogen and oxygen atoms in total. The van der Waals surface area contributed by atoms with Gasteiger partial charge in [0.25, 0.3) is 0 Å². The fourth-order valence-corrected chi connectivity index (χ4v) is 6.07. The third-order valence-corrected chi connectivity index (χ3v) is 9.69. The normalized spacial score (nSPS) is 25.0. The van der Waals surface area contributed by atoms with Crippen molar-refractivity contribution in [3.05, 3.63) is 0 Å². The zero-order valence-corrected chi connectivity index (χ0v) is 30.6. The summed E-state index contributed by atoms with van der Waals surface area (Å²) in [6.07, 6.45) is 14.6. The summed E-state index contributed by atoms with van der Waals surface area (Å²) in [7, 11) is 3.75. The molecule has 7 unspecified atom stereocenters. The Kier molecular flexibility index (Phi) is 36.3. The first-order valence-corrected chi connectivity index (χ1v) is 17.5. The van der Waals surface area contributed by atoms with E-state index in [-0.39, 0.29) is 0 Å². The third-order valence-electron chi connectivity index (χ3n) is 9.69. The maximum Gasteiger partial charge on any atom is 0.207 e. The standard InChI is InChI=1S/C18H34.C9H19NO.C3H9N.C2H7N.2C2H6/c1-6-13(2)14(3)17-11-10-16-9-7-8-12-18(16,5)15(17)4;1-8(2)9(3)5-4-6-10-7-11;1-2-3-4;1-3-2;2*1-2/h13-17H,6-12H2,1-5H3;7-9H,4-6H2,1-3H3,(H,10,11);2-4H2,1H3;3H,1-2H3;2*1-2H3. The highest BCUT2D eigenvalue weighted by Crippen LogP contribution is 2.57. The van der Waals surface area contributed by atoms with Crippen LogP contribution in [0.5, 0.6) is 0 Å². The maximum absolute atomic E-state index is 9.87. The van der Waals surface area contributed by atoms with Crippen LogP contribution in [0.25, 0.3) is 0 Å². The van der Waals surface area contributed by atoms with Crippen LogP contribution >= 0.6 is 0 Å². The SMILES string of the molecule is CC.CC.CC(C)C(C)CCCNC=O.CCC(C)C(C)C1CCC2CCCCC2(C)C1C.CCCN.CNC. The summed E-state index contributed by atoms with van der Waals surface area (Å²) >= 11 is 0. The van der Waals surface area contributed by atoms with Gasteiger partial charge in [0.05, 0.1) is 0 Å². The van der Waals surface area contributed by atoms with Gasteiger partial charge < -0.3 is 16.4 Å². The van der Waals surface area contributed by atoms with Gasteiger partial charge in [-0.25, -0.2) is 0 Å². The lowest BCUT2D eigenvalue weighted by Crippen LogP contribution is -2.46. The van der Waals surface area contributed by atoms with Crippen molar-refractivity contribution in [2.45, 2.75) is 154 Å². The van der Waals surface area contributed by atoms with E-state index in [1.54, 1.807) is 0 Å². The Balaban J connectivity index is -0.000000252. The molecule has 0 aliphatic heterocycles. The van der Waals surface area contributed by atoms with E-state index in [2.05, 4.69) is 72.9 Å². The molecule has 7 atom stereocenters. The molecule has 0 saturated heterocycles. The van der Waals surface area contributed by atoms with Crippen molar-refractivity contribution >= 4 is 6.41 Å². The van der Waals surface area contributed by atoms with E-state index in [1.165, 1.54) is 51.4 Å². The van der Waals surface area contributed by atoms with Crippen molar-refractivity contribution < 1.29 is 4.79 Å². The molecule has 0 heterocycles. The molecule has 4 N–H and O–H groups in total. The molecule has 0 radical (unpaired) electrons. The lowest BCUT2D eigenvalue weighted by Gasteiger charge is -2.54. The monoisotopic (exact) mass is 572 g/mol. The summed E-state index contributed by atoms with van der Waals surface area (Å²) in [4.78, 5) is 9.87. The molecule has 1 amide bonds. The zero-order chi connectivity index (χ0) is 32.1. The molecule has 4 heteroatoms. The van der Waals surface area contributed by atoms with Gasteiger partial charge in [0.15, 0.2) is 0 Å². The Morgan fingerprint density at radius 1 is 0.925 bits per heavy atom. The summed E-state index contributed by atoms with van der Waals surface area (Å²) in [5, 5.41) is 5.41. The van der Waals surface area contributed by atoms with E-state index in [0.717, 1.165) is 73.8 Å². The van der Waals surface area contributed by atoms with Crippen molar-refractivity contribution in [3.8, 4) is 0 Å². The van der Waals surface area contributed by atoms with Crippen LogP contribution in [-0.2, 0) is 4.79 Å². The molecule has 0 aromatic heterocycles. The van der Waals surface area contributed by atoms with Crippen LogP contribution in [0.2, 0.25) is 0 Å². The lowest BCUT2D eigenvalue weighted by molar-refractivity contribution is -0.109. The van der Waals surface area contributed by atoms with Crippen LogP contribution in [0.3, 0.4) is 0 Å². The van der Waals surface area contributed by atoms with Crippen molar-refractivity contribution in [3.63, 3.8) is 0 Å². The maximum atomic E-state index is 9.87. The van der Waals surface area contributed by atoms with E-state index in [9.17, 15) is 4.79 Å². The second-order valence-electron chi connectivity index (χ2n) is 12.4. The van der Waals surface area contributed by atoms with Crippen LogP contribution in [0.15, 0.2) is 0 Å². The highest BCUT2D eigenvalue weighted by Gasteiger charge is 2.48. The van der Waals surface area contributed by atoms with Crippen molar-refractivity contribution in [2.24, 2.45) is 52.6 Å². The molecule has 246 valence electrons. The highest BCUT2D eigenvalue weighted by molar-refractivity contribution is 5.45. The predicted octanol–water partition coefficient (Wildman–Crippen LogP) is 9.96. The van der Waals surface area contributed by atoms with E-state index in [4.69, 9.17) is 5.73 Å². The van der Waals surface area contributed by atoms with Gasteiger partial charge in [-0.2, -0.15) is 0 Å². The molecule has 2 rings (SSSR count). The summed E-state index contributed by atoms with van der Waals surface area (Å²) in [6, 6.07) is 0. The fourth-order valence-electron chi connectivity index (χ4n) is 6.07. The number of carbonyl (C=O) groups is 1. The lowest BCUT2D eigenvalue weighted by atomic mass is 9.51. The molecular formula is C36H81N3O. The molecular weight excluding hydrogens is 490 g/mol. The molecule has 2 aliphatic rings. The van der Waals surface area contributed by atoms with Crippen LogP contribution in [0.1, 0.15) is 154 Å². The van der Waals surface area contributed by atoms with Crippen LogP contribution in [0.4, 0.5) is 0 Å². The number of hydrogen-bond acceptors (Lipinski definition) is 3. The largest absolute Gasteiger partial charge is 0.359 e. The minimum absolute atomic E-state index is 0.670. The molecule has 0 aromatic carbocycles. The van der Waals surface area contributed by atoms with Crippen molar-refractivity contribution in [2.75, 3.05) is 27.2 Å². The minimum Gasteiger partial charge on any atom is -0.359 e. The van der Waals surface area contributed by atoms with Crippen molar-refractivity contribution in [1.82, 2.24) is 10.6 Å². The number of nitrogens with one attached hydrogen (secondary N) is 2. The third kappa shape index (κ3) is 20.3. The van der Waals surface area contributed by atoms with E-state index in [0.29, 0.717) is 5.41 Å². The molecule has 2 saturated carbocycles. The van der Waals surface area contributed by atoms with Gasteiger partial charge in [-0.15, -0.1) is 0 Å². The molecule has 0 spiro atoms. The first kappa shape index (κ1) is 46.4. The Morgan fingerprint density at radius 2 is 1.45 bits per heavy atom. The smallest absolute Gasteiger partial charge is 0.207 e. The molecule has 40 heavy (non-hydrogen) atoms. The molecule has 2 fully saturated rings. The Bertz CT molecular complexity index is 496. The van der Waals surface area contributed by atoms with Gasteiger partial charge in [0.2, 0.25) is 6.41 Å². The number of fused-ring (bicyclic) bond motifs is 1. The highest BCUT2D eigenvalue weighted by atomic mass is 16.1.